The van der Waals surface area contributed by atoms with Crippen molar-refractivity contribution in [2.45, 2.75) is 12.5 Å². The Kier molecular flexibility index (Phi) is 4.73. The van der Waals surface area contributed by atoms with E-state index in [1.807, 2.05) is 48.8 Å². The van der Waals surface area contributed by atoms with Crippen LogP contribution in [0.1, 0.15) is 6.42 Å². The Labute approximate surface area is 161 Å². The van der Waals surface area contributed by atoms with Crippen LogP contribution < -0.4 is 16.0 Å². The largest absolute Gasteiger partial charge is 0.384 e. The van der Waals surface area contributed by atoms with Crippen LogP contribution in [0.3, 0.4) is 0 Å². The number of H-pyrrole nitrogens is 1. The van der Waals surface area contributed by atoms with Crippen LogP contribution in [0.5, 0.6) is 0 Å². The first-order valence-electron chi connectivity index (χ1n) is 8.77. The molecule has 7 heteroatoms. The predicted molar refractivity (Wildman–Crippen MR) is 106 cm³/mol. The molecule has 0 bridgehead atoms. The second-order valence-corrected chi connectivity index (χ2v) is 7.02. The highest BCUT2D eigenvalue weighted by molar-refractivity contribution is 6.39. The zero-order valence-corrected chi connectivity index (χ0v) is 15.2. The molecule has 6 nitrogen and oxygen atoms in total. The Hall–Kier alpha value is -2.99. The molecular weight excluding hydrogens is 364 g/mol. The highest BCUT2D eigenvalue weighted by atomic mass is 35.5. The third-order valence-electron chi connectivity index (χ3n) is 4.79. The van der Waals surface area contributed by atoms with Crippen LogP contribution >= 0.6 is 11.6 Å². The Bertz CT molecular complexity index is 989. The second-order valence-electron chi connectivity index (χ2n) is 6.59. The molecule has 0 unspecified atom stereocenters. The quantitative estimate of drug-likeness (QED) is 0.613. The van der Waals surface area contributed by atoms with Crippen LogP contribution in [0, 0.1) is 5.92 Å². The van der Waals surface area contributed by atoms with Gasteiger partial charge in [-0.25, -0.2) is 0 Å². The number of nitrogens with one attached hydrogen (secondary N) is 4. The highest BCUT2D eigenvalue weighted by Gasteiger charge is 2.28. The number of allylic oxidation sites excluding steroid dienone is 2. The van der Waals surface area contributed by atoms with Gasteiger partial charge in [0, 0.05) is 40.3 Å². The lowest BCUT2D eigenvalue weighted by molar-refractivity contribution is -0.136. The number of amides is 2. The van der Waals surface area contributed by atoms with E-state index >= 15 is 0 Å². The molecule has 138 valence electrons. The Morgan fingerprint density at radius 1 is 1.19 bits per heavy atom. The number of rotatable bonds is 4. The number of hydrogen-bond acceptors (Lipinski definition) is 3. The lowest BCUT2D eigenvalue weighted by Crippen LogP contribution is -2.36. The molecule has 0 radical (unpaired) electrons. The summed E-state index contributed by atoms with van der Waals surface area (Å²) in [5.74, 6) is -1.13. The van der Waals surface area contributed by atoms with E-state index in [0.717, 1.165) is 16.5 Å². The van der Waals surface area contributed by atoms with Crippen LogP contribution in [-0.4, -0.2) is 29.4 Å². The predicted octanol–water partition coefficient (Wildman–Crippen LogP) is 2.78. The number of fused-ring (bicyclic) bond motifs is 2. The molecule has 0 saturated carbocycles. The van der Waals surface area contributed by atoms with E-state index in [4.69, 9.17) is 11.6 Å². The van der Waals surface area contributed by atoms with Crippen molar-refractivity contribution in [3.63, 3.8) is 0 Å². The van der Waals surface area contributed by atoms with Gasteiger partial charge in [-0.05, 0) is 48.5 Å². The van der Waals surface area contributed by atoms with Crippen LogP contribution in [0.25, 0.3) is 10.9 Å². The molecule has 0 fully saturated rings. The van der Waals surface area contributed by atoms with Crippen molar-refractivity contribution in [3.8, 4) is 0 Å². The van der Waals surface area contributed by atoms with Gasteiger partial charge in [-0.1, -0.05) is 23.8 Å². The third kappa shape index (κ3) is 3.75. The van der Waals surface area contributed by atoms with Crippen molar-refractivity contribution < 1.29 is 9.59 Å². The molecular formula is C20H19ClN4O2. The van der Waals surface area contributed by atoms with E-state index in [1.54, 1.807) is 6.07 Å². The number of halogens is 1. The maximum absolute atomic E-state index is 12.1. The summed E-state index contributed by atoms with van der Waals surface area (Å²) >= 11 is 6.08. The smallest absolute Gasteiger partial charge is 0.313 e. The van der Waals surface area contributed by atoms with Crippen LogP contribution in [0.4, 0.5) is 5.69 Å². The van der Waals surface area contributed by atoms with E-state index < -0.39 is 11.8 Å². The first-order valence-corrected chi connectivity index (χ1v) is 9.15. The molecule has 0 spiro atoms. The molecule has 4 N–H and O–H groups in total. The minimum Gasteiger partial charge on any atom is -0.384 e. The Morgan fingerprint density at radius 2 is 2.07 bits per heavy atom. The number of benzene rings is 1. The first-order chi connectivity index (χ1) is 13.1. The molecule has 2 amide bonds. The van der Waals surface area contributed by atoms with Gasteiger partial charge in [-0.2, -0.15) is 0 Å². The molecule has 2 aromatic rings. The van der Waals surface area contributed by atoms with Crippen molar-refractivity contribution in [1.29, 1.82) is 0 Å². The molecule has 1 aliphatic carbocycles. The molecule has 1 aromatic carbocycles. The van der Waals surface area contributed by atoms with Crippen molar-refractivity contribution >= 4 is 40.0 Å². The fourth-order valence-electron chi connectivity index (χ4n) is 3.40. The lowest BCUT2D eigenvalue weighted by Gasteiger charge is -2.20. The van der Waals surface area contributed by atoms with E-state index in [2.05, 4.69) is 20.9 Å². The normalized spacial score (nSPS) is 20.5. The summed E-state index contributed by atoms with van der Waals surface area (Å²) in [6, 6.07) is 7.55. The van der Waals surface area contributed by atoms with Crippen molar-refractivity contribution in [2.24, 2.45) is 5.92 Å². The van der Waals surface area contributed by atoms with E-state index in [9.17, 15) is 9.59 Å². The van der Waals surface area contributed by atoms with Gasteiger partial charge in [0.1, 0.15) is 0 Å². The Morgan fingerprint density at radius 3 is 2.96 bits per heavy atom. The second kappa shape index (κ2) is 7.32. The average Bonchev–Trinajstić information content (AvgIpc) is 3.28. The van der Waals surface area contributed by atoms with Crippen molar-refractivity contribution in [2.75, 3.05) is 11.9 Å². The molecule has 2 heterocycles. The molecule has 2 atom stereocenters. The fourth-order valence-corrected chi connectivity index (χ4v) is 3.61. The molecule has 27 heavy (non-hydrogen) atoms. The summed E-state index contributed by atoms with van der Waals surface area (Å²) < 4.78 is 0. The standard InChI is InChI=1S/C20H19ClN4O2/c21-14-1-3-18-16(10-14)13(11-24-18)6-8-23-19(26)20(27)25-15-2-4-17-12(9-15)5-7-22-17/h1-5,7,9-11,16,18,22,24H,6,8H2,(H,23,26)(H,25,27)/t16-,18-/m0/s1. The van der Waals surface area contributed by atoms with Gasteiger partial charge in [-0.15, -0.1) is 0 Å². The zero-order valence-electron chi connectivity index (χ0n) is 14.5. The maximum atomic E-state index is 12.1. The third-order valence-corrected chi connectivity index (χ3v) is 5.05. The summed E-state index contributed by atoms with van der Waals surface area (Å²) in [7, 11) is 0. The topological polar surface area (TPSA) is 86.0 Å². The van der Waals surface area contributed by atoms with E-state index in [0.29, 0.717) is 23.7 Å². The van der Waals surface area contributed by atoms with Gasteiger partial charge in [-0.3, -0.25) is 9.59 Å². The van der Waals surface area contributed by atoms with E-state index in [1.165, 1.54) is 0 Å². The number of aromatic amines is 1. The molecule has 4 rings (SSSR count). The van der Waals surface area contributed by atoms with Crippen molar-refractivity contribution in [3.05, 3.63) is 65.5 Å². The van der Waals surface area contributed by atoms with Crippen LogP contribution in [0.15, 0.2) is 65.5 Å². The van der Waals surface area contributed by atoms with Gasteiger partial charge in [0.15, 0.2) is 0 Å². The summed E-state index contributed by atoms with van der Waals surface area (Å²) in [5, 5.41) is 10.3. The summed E-state index contributed by atoms with van der Waals surface area (Å²) in [6.45, 7) is 0.384. The number of aromatic nitrogens is 1. The Balaban J connectivity index is 1.28. The van der Waals surface area contributed by atoms with E-state index in [-0.39, 0.29) is 12.0 Å². The summed E-state index contributed by atoms with van der Waals surface area (Å²) in [4.78, 5) is 27.2. The summed E-state index contributed by atoms with van der Waals surface area (Å²) in [5.41, 5.74) is 2.71. The van der Waals surface area contributed by atoms with Gasteiger partial charge in [0.05, 0.1) is 6.04 Å². The SMILES string of the molecule is O=C(NCCC1=CN[C@H]2C=CC(Cl)=C[C@@H]12)C(=O)Nc1ccc2[nH]ccc2c1. The van der Waals surface area contributed by atoms with Crippen LogP contribution in [0.2, 0.25) is 0 Å². The molecule has 0 saturated heterocycles. The minimum absolute atomic E-state index is 0.196. The lowest BCUT2D eigenvalue weighted by atomic mass is 9.90. The van der Waals surface area contributed by atoms with Crippen molar-refractivity contribution in [1.82, 2.24) is 15.6 Å². The molecule has 2 aliphatic rings. The monoisotopic (exact) mass is 382 g/mol. The number of carbonyl (C=O) groups excluding carboxylic acids is 2. The fraction of sp³-hybridized carbons (Fsp3) is 0.200. The first kappa shape index (κ1) is 17.4. The maximum Gasteiger partial charge on any atom is 0.313 e. The highest BCUT2D eigenvalue weighted by Crippen LogP contribution is 2.31. The van der Waals surface area contributed by atoms with Gasteiger partial charge in [0.25, 0.3) is 0 Å². The number of anilines is 1. The minimum atomic E-state index is -0.676. The van der Waals surface area contributed by atoms with Gasteiger partial charge < -0.3 is 20.9 Å². The molecule has 1 aliphatic heterocycles. The number of carbonyl (C=O) groups is 2. The zero-order chi connectivity index (χ0) is 18.8. The summed E-state index contributed by atoms with van der Waals surface area (Å²) in [6.07, 6.45) is 10.3. The van der Waals surface area contributed by atoms with Crippen LogP contribution in [-0.2, 0) is 9.59 Å². The molecule has 1 aromatic heterocycles. The average molecular weight is 383 g/mol. The van der Waals surface area contributed by atoms with Gasteiger partial charge >= 0.3 is 11.8 Å². The van der Waals surface area contributed by atoms with Gasteiger partial charge in [0.2, 0.25) is 0 Å². The number of hydrogen-bond donors (Lipinski definition) is 4.